The molecule has 0 fully saturated rings. The number of benzene rings is 2. The normalized spacial score (nSPS) is 12.2. The van der Waals surface area contributed by atoms with Gasteiger partial charge in [-0.1, -0.05) is 41.4 Å². The van der Waals surface area contributed by atoms with Crippen LogP contribution < -0.4 is 0 Å². The van der Waals surface area contributed by atoms with Gasteiger partial charge in [0.2, 0.25) is 5.78 Å². The van der Waals surface area contributed by atoms with E-state index in [-0.39, 0.29) is 20.9 Å². The molecule has 0 atom stereocenters. The molecular formula is C23H13Cl2F3N2O5S. The molecule has 4 rings (SSSR count). The van der Waals surface area contributed by atoms with E-state index in [0.717, 1.165) is 24.3 Å². The number of carboxylic acid groups (broad SMARTS) is 1. The van der Waals surface area contributed by atoms with Crippen LogP contribution in [0.15, 0.2) is 59.5 Å². The zero-order valence-corrected chi connectivity index (χ0v) is 20.3. The van der Waals surface area contributed by atoms with Crippen LogP contribution in [0.25, 0.3) is 11.0 Å². The largest absolute Gasteiger partial charge is 0.478 e. The topological polar surface area (TPSA) is 106 Å². The predicted octanol–water partition coefficient (Wildman–Crippen LogP) is 5.84. The molecule has 36 heavy (non-hydrogen) atoms. The van der Waals surface area contributed by atoms with Crippen LogP contribution in [0.4, 0.5) is 13.2 Å². The summed E-state index contributed by atoms with van der Waals surface area (Å²) in [5.74, 6) is -2.60. The van der Waals surface area contributed by atoms with Crippen LogP contribution in [0.5, 0.6) is 0 Å². The first-order valence-corrected chi connectivity index (χ1v) is 12.1. The highest BCUT2D eigenvalue weighted by Crippen LogP contribution is 2.36. The molecule has 0 aliphatic heterocycles. The molecule has 0 radical (unpaired) electrons. The first kappa shape index (κ1) is 25.7. The van der Waals surface area contributed by atoms with Crippen LogP contribution in [-0.2, 0) is 16.2 Å². The number of halogens is 5. The number of pyridine rings is 1. The van der Waals surface area contributed by atoms with Crippen molar-refractivity contribution in [3.63, 3.8) is 0 Å². The molecule has 2 aromatic carbocycles. The van der Waals surface area contributed by atoms with Crippen LogP contribution >= 0.6 is 23.2 Å². The van der Waals surface area contributed by atoms with Gasteiger partial charge in [-0.3, -0.25) is 4.79 Å². The number of aromatic carboxylic acids is 1. The second kappa shape index (κ2) is 8.91. The summed E-state index contributed by atoms with van der Waals surface area (Å²) in [6.45, 7) is 1.30. The smallest absolute Gasteiger partial charge is 0.433 e. The Bertz CT molecular complexity index is 1670. The number of fused-ring (bicyclic) bond motifs is 1. The maximum atomic E-state index is 13.6. The zero-order chi connectivity index (χ0) is 26.6. The maximum absolute atomic E-state index is 13.6. The second-order valence-corrected chi connectivity index (χ2v) is 10.2. The summed E-state index contributed by atoms with van der Waals surface area (Å²) in [7, 11) is -4.67. The van der Waals surface area contributed by atoms with E-state index in [1.807, 2.05) is 0 Å². The third-order valence-electron chi connectivity index (χ3n) is 5.29. The van der Waals surface area contributed by atoms with E-state index in [9.17, 15) is 36.3 Å². The highest BCUT2D eigenvalue weighted by molar-refractivity contribution is 7.90. The van der Waals surface area contributed by atoms with Crippen molar-refractivity contribution in [2.45, 2.75) is 18.0 Å². The summed E-state index contributed by atoms with van der Waals surface area (Å²) in [6.07, 6.45) is -4.91. The Labute approximate surface area is 211 Å². The first-order chi connectivity index (χ1) is 16.7. The average molecular weight is 557 g/mol. The maximum Gasteiger partial charge on any atom is 0.433 e. The van der Waals surface area contributed by atoms with Crippen LogP contribution in [0.3, 0.4) is 0 Å². The molecule has 13 heteroatoms. The van der Waals surface area contributed by atoms with Gasteiger partial charge in [0.05, 0.1) is 26.1 Å². The number of aryl methyl sites for hydroxylation is 1. The van der Waals surface area contributed by atoms with Crippen LogP contribution in [0.1, 0.15) is 37.7 Å². The highest BCUT2D eigenvalue weighted by atomic mass is 35.5. The minimum absolute atomic E-state index is 0.000123. The van der Waals surface area contributed by atoms with E-state index >= 15 is 0 Å². The van der Waals surface area contributed by atoms with Crippen molar-refractivity contribution in [2.75, 3.05) is 0 Å². The lowest BCUT2D eigenvalue weighted by molar-refractivity contribution is -0.141. The lowest BCUT2D eigenvalue weighted by Crippen LogP contribution is -2.21. The number of ketones is 1. The number of carbonyl (C=O) groups is 2. The highest BCUT2D eigenvalue weighted by Gasteiger charge is 2.36. The monoisotopic (exact) mass is 556 g/mol. The summed E-state index contributed by atoms with van der Waals surface area (Å²) in [6, 6.07) is 10.6. The number of rotatable bonds is 5. The molecule has 4 aromatic rings. The predicted molar refractivity (Wildman–Crippen MR) is 125 cm³/mol. The van der Waals surface area contributed by atoms with Crippen LogP contribution in [0.2, 0.25) is 10.0 Å². The quantitative estimate of drug-likeness (QED) is 0.309. The average Bonchev–Trinajstić information content (AvgIpc) is 3.20. The SMILES string of the molecule is Cc1cc(C(F)(F)F)nc2c1cc(C(=O)c1c(Cl)ccc(C(=O)O)c1Cl)n2S(=O)(=O)c1ccccc1. The fraction of sp³-hybridized carbons (Fsp3) is 0.0870. The van der Waals surface area contributed by atoms with Gasteiger partial charge >= 0.3 is 12.1 Å². The number of aromatic nitrogens is 2. The molecule has 0 aliphatic carbocycles. The van der Waals surface area contributed by atoms with E-state index in [1.165, 1.54) is 37.3 Å². The Balaban J connectivity index is 2.13. The fourth-order valence-electron chi connectivity index (χ4n) is 3.61. The van der Waals surface area contributed by atoms with Crippen molar-refractivity contribution in [1.29, 1.82) is 0 Å². The number of alkyl halides is 3. The number of hydrogen-bond donors (Lipinski definition) is 1. The molecule has 0 saturated heterocycles. The van der Waals surface area contributed by atoms with E-state index in [0.29, 0.717) is 3.97 Å². The van der Waals surface area contributed by atoms with E-state index in [4.69, 9.17) is 23.2 Å². The summed E-state index contributed by atoms with van der Waals surface area (Å²) in [4.78, 5) is 28.3. The van der Waals surface area contributed by atoms with Gasteiger partial charge in [-0.2, -0.15) is 13.2 Å². The van der Waals surface area contributed by atoms with Crippen molar-refractivity contribution in [3.8, 4) is 0 Å². The molecule has 0 spiro atoms. The van der Waals surface area contributed by atoms with E-state index < -0.39 is 61.1 Å². The lowest BCUT2D eigenvalue weighted by atomic mass is 10.0. The molecule has 7 nitrogen and oxygen atoms in total. The van der Waals surface area contributed by atoms with Crippen molar-refractivity contribution in [2.24, 2.45) is 0 Å². The number of carbonyl (C=O) groups excluding carboxylic acids is 1. The minimum atomic E-state index is -4.91. The van der Waals surface area contributed by atoms with Crippen LogP contribution in [0, 0.1) is 6.92 Å². The first-order valence-electron chi connectivity index (χ1n) is 9.92. The molecule has 186 valence electrons. The second-order valence-electron chi connectivity index (χ2n) is 7.59. The van der Waals surface area contributed by atoms with Gasteiger partial charge in [0, 0.05) is 5.39 Å². The fourth-order valence-corrected chi connectivity index (χ4v) is 5.70. The van der Waals surface area contributed by atoms with Crippen molar-refractivity contribution < 1.29 is 36.3 Å². The molecule has 1 N–H and O–H groups in total. The van der Waals surface area contributed by atoms with E-state index in [2.05, 4.69) is 4.98 Å². The lowest BCUT2D eigenvalue weighted by Gasteiger charge is -2.14. The Morgan fingerprint density at radius 1 is 1.03 bits per heavy atom. The minimum Gasteiger partial charge on any atom is -0.478 e. The third-order valence-corrected chi connectivity index (χ3v) is 7.72. The summed E-state index contributed by atoms with van der Waals surface area (Å²) < 4.78 is 68.2. The number of hydrogen-bond acceptors (Lipinski definition) is 5. The van der Waals surface area contributed by atoms with Crippen molar-refractivity contribution >= 4 is 56.0 Å². The summed E-state index contributed by atoms with van der Waals surface area (Å²) in [5, 5.41) is 8.47. The summed E-state index contributed by atoms with van der Waals surface area (Å²) in [5.41, 5.74) is -3.64. The van der Waals surface area contributed by atoms with Gasteiger partial charge in [-0.05, 0) is 48.9 Å². The van der Waals surface area contributed by atoms with Crippen molar-refractivity contribution in [3.05, 3.63) is 92.7 Å². The van der Waals surface area contributed by atoms with Crippen molar-refractivity contribution in [1.82, 2.24) is 8.96 Å². The zero-order valence-electron chi connectivity index (χ0n) is 18.0. The molecule has 0 amide bonds. The molecule has 0 bridgehead atoms. The summed E-state index contributed by atoms with van der Waals surface area (Å²) >= 11 is 12.3. The Morgan fingerprint density at radius 3 is 2.25 bits per heavy atom. The van der Waals surface area contributed by atoms with Gasteiger partial charge in [0.1, 0.15) is 11.4 Å². The molecular weight excluding hydrogens is 544 g/mol. The molecule has 2 heterocycles. The van der Waals surface area contributed by atoms with E-state index in [1.54, 1.807) is 0 Å². The number of carboxylic acids is 1. The van der Waals surface area contributed by atoms with Gasteiger partial charge in [-0.25, -0.2) is 22.2 Å². The molecule has 0 unspecified atom stereocenters. The van der Waals surface area contributed by atoms with Gasteiger partial charge in [0.25, 0.3) is 10.0 Å². The van der Waals surface area contributed by atoms with Gasteiger partial charge in [-0.15, -0.1) is 0 Å². The van der Waals surface area contributed by atoms with Gasteiger partial charge in [0.15, 0.2) is 5.65 Å². The number of nitrogens with zero attached hydrogens (tertiary/aromatic N) is 2. The molecule has 2 aromatic heterocycles. The molecule has 0 aliphatic rings. The Morgan fingerprint density at radius 2 is 1.67 bits per heavy atom. The standard InChI is InChI=1S/C23H13Cl2F3N2O5S/c1-11-9-17(23(26,27)28)29-21-14(11)10-16(30(21)36(34,35)12-5-3-2-4-6-12)20(31)18-15(24)8-7-13(19(18)25)22(32)33/h2-10H,1H3,(H,32,33). The Kier molecular flexibility index (Phi) is 6.36. The third kappa shape index (κ3) is 4.23. The molecule has 0 saturated carbocycles. The van der Waals surface area contributed by atoms with Gasteiger partial charge < -0.3 is 5.11 Å². The van der Waals surface area contributed by atoms with Crippen LogP contribution in [-0.4, -0.2) is 34.2 Å². The Hall–Kier alpha value is -3.41.